The van der Waals surface area contributed by atoms with Gasteiger partial charge in [-0.1, -0.05) is 11.8 Å². The van der Waals surface area contributed by atoms with E-state index in [0.29, 0.717) is 17.3 Å². The van der Waals surface area contributed by atoms with Gasteiger partial charge in [-0.3, -0.25) is 4.79 Å². The topological polar surface area (TPSA) is 52.1 Å². The minimum atomic E-state index is -0.213. The number of methoxy groups -OCH3 is 1. The summed E-state index contributed by atoms with van der Waals surface area (Å²) in [6, 6.07) is 0. The fourth-order valence-electron chi connectivity index (χ4n) is 0.703. The van der Waals surface area contributed by atoms with E-state index in [-0.39, 0.29) is 5.97 Å². The summed E-state index contributed by atoms with van der Waals surface area (Å²) in [5, 5.41) is 0.664. The van der Waals surface area contributed by atoms with Gasteiger partial charge >= 0.3 is 5.97 Å². The largest absolute Gasteiger partial charge is 0.469 e. The van der Waals surface area contributed by atoms with E-state index in [1.54, 1.807) is 12.4 Å². The first-order chi connectivity index (χ1) is 6.72. The van der Waals surface area contributed by atoms with E-state index in [1.165, 1.54) is 18.9 Å². The molecule has 0 amide bonds. The predicted molar refractivity (Wildman–Crippen MR) is 57.1 cm³/mol. The van der Waals surface area contributed by atoms with E-state index in [4.69, 9.17) is 0 Å². The Morgan fingerprint density at radius 1 is 1.57 bits per heavy atom. The molecular weight excluding hydrogens is 268 g/mol. The molecule has 0 saturated heterocycles. The maximum atomic E-state index is 10.8. The monoisotopic (exact) mass is 276 g/mol. The number of carbonyl (C=O) groups excluding carboxylic acids is 1. The maximum Gasteiger partial charge on any atom is 0.306 e. The minimum absolute atomic E-state index is 0.213. The zero-order valence-corrected chi connectivity index (χ0v) is 9.97. The Bertz CT molecular complexity index is 305. The maximum absolute atomic E-state index is 10.8. The average Bonchev–Trinajstić information content (AvgIpc) is 2.21. The van der Waals surface area contributed by atoms with E-state index < -0.39 is 0 Å². The lowest BCUT2D eigenvalue weighted by Crippen LogP contribution is -2.01. The SMILES string of the molecule is COC(=O)CCSc1ncc(Br)cn1. The lowest BCUT2D eigenvalue weighted by Gasteiger charge is -1.98. The summed E-state index contributed by atoms with van der Waals surface area (Å²) < 4.78 is 5.35. The van der Waals surface area contributed by atoms with Crippen molar-refractivity contribution in [3.05, 3.63) is 16.9 Å². The number of halogens is 1. The lowest BCUT2D eigenvalue weighted by atomic mass is 10.5. The molecule has 0 aliphatic rings. The molecule has 0 bridgehead atoms. The molecule has 0 aliphatic carbocycles. The number of ether oxygens (including phenoxy) is 1. The zero-order chi connectivity index (χ0) is 10.4. The van der Waals surface area contributed by atoms with Gasteiger partial charge < -0.3 is 4.74 Å². The van der Waals surface area contributed by atoms with Crippen LogP contribution in [0, 0.1) is 0 Å². The lowest BCUT2D eigenvalue weighted by molar-refractivity contribution is -0.140. The van der Waals surface area contributed by atoms with E-state index in [0.717, 1.165) is 4.47 Å². The molecule has 6 heteroatoms. The van der Waals surface area contributed by atoms with Crippen LogP contribution in [0.2, 0.25) is 0 Å². The number of thioether (sulfide) groups is 1. The molecule has 0 atom stereocenters. The summed E-state index contributed by atoms with van der Waals surface area (Å²) >= 11 is 4.67. The Labute approximate surface area is 94.6 Å². The zero-order valence-electron chi connectivity index (χ0n) is 7.57. The predicted octanol–water partition coefficient (Wildman–Crippen LogP) is 1.89. The minimum Gasteiger partial charge on any atom is -0.469 e. The van der Waals surface area contributed by atoms with Gasteiger partial charge in [0.05, 0.1) is 18.0 Å². The van der Waals surface area contributed by atoms with Gasteiger partial charge in [0.25, 0.3) is 0 Å². The molecule has 0 aromatic carbocycles. The van der Waals surface area contributed by atoms with E-state index in [9.17, 15) is 4.79 Å². The summed E-state index contributed by atoms with van der Waals surface area (Å²) in [6.07, 6.45) is 3.72. The molecule has 1 aromatic rings. The molecule has 0 saturated carbocycles. The second-order valence-electron chi connectivity index (χ2n) is 2.36. The van der Waals surface area contributed by atoms with Crippen LogP contribution in [0.5, 0.6) is 0 Å². The Morgan fingerprint density at radius 3 is 2.79 bits per heavy atom. The van der Waals surface area contributed by atoms with Crippen molar-refractivity contribution in [3.63, 3.8) is 0 Å². The number of esters is 1. The normalized spacial score (nSPS) is 9.86. The molecule has 0 fully saturated rings. The van der Waals surface area contributed by atoms with Gasteiger partial charge in [0, 0.05) is 18.1 Å². The Kier molecular flexibility index (Phi) is 4.89. The van der Waals surface area contributed by atoms with Crippen LogP contribution in [-0.4, -0.2) is 28.8 Å². The third kappa shape index (κ3) is 4.06. The molecule has 0 unspecified atom stereocenters. The molecule has 0 N–H and O–H groups in total. The van der Waals surface area contributed by atoms with Crippen LogP contribution >= 0.6 is 27.7 Å². The van der Waals surface area contributed by atoms with Crippen LogP contribution in [-0.2, 0) is 9.53 Å². The molecule has 1 rings (SSSR count). The van der Waals surface area contributed by atoms with Crippen molar-refractivity contribution >= 4 is 33.7 Å². The van der Waals surface area contributed by atoms with Crippen LogP contribution in [0.4, 0.5) is 0 Å². The molecule has 14 heavy (non-hydrogen) atoms. The molecule has 1 heterocycles. The third-order valence-electron chi connectivity index (χ3n) is 1.36. The number of hydrogen-bond acceptors (Lipinski definition) is 5. The second kappa shape index (κ2) is 5.98. The van der Waals surface area contributed by atoms with Crippen LogP contribution in [0.25, 0.3) is 0 Å². The fraction of sp³-hybridized carbons (Fsp3) is 0.375. The highest BCUT2D eigenvalue weighted by atomic mass is 79.9. The van der Waals surface area contributed by atoms with E-state index >= 15 is 0 Å². The molecule has 76 valence electrons. The Balaban J connectivity index is 2.31. The highest BCUT2D eigenvalue weighted by Gasteiger charge is 2.02. The molecular formula is C8H9BrN2O2S. The molecule has 0 radical (unpaired) electrons. The highest BCUT2D eigenvalue weighted by Crippen LogP contribution is 2.15. The summed E-state index contributed by atoms with van der Waals surface area (Å²) in [5.74, 6) is 0.420. The highest BCUT2D eigenvalue weighted by molar-refractivity contribution is 9.10. The number of rotatable bonds is 4. The smallest absolute Gasteiger partial charge is 0.306 e. The van der Waals surface area contributed by atoms with E-state index in [1.807, 2.05) is 0 Å². The fourth-order valence-corrected chi connectivity index (χ4v) is 1.61. The van der Waals surface area contributed by atoms with Crippen molar-refractivity contribution in [2.45, 2.75) is 11.6 Å². The third-order valence-corrected chi connectivity index (χ3v) is 2.65. The first-order valence-corrected chi connectivity index (χ1v) is 5.67. The van der Waals surface area contributed by atoms with Gasteiger partial charge in [-0.25, -0.2) is 9.97 Å². The van der Waals surface area contributed by atoms with Crippen molar-refractivity contribution in [2.75, 3.05) is 12.9 Å². The number of aromatic nitrogens is 2. The van der Waals surface area contributed by atoms with Crippen LogP contribution in [0.1, 0.15) is 6.42 Å². The summed E-state index contributed by atoms with van der Waals surface area (Å²) in [7, 11) is 1.38. The summed E-state index contributed by atoms with van der Waals surface area (Å²) in [4.78, 5) is 18.9. The van der Waals surface area contributed by atoms with Gasteiger partial charge in [-0.05, 0) is 15.9 Å². The van der Waals surface area contributed by atoms with E-state index in [2.05, 4.69) is 30.6 Å². The first kappa shape index (κ1) is 11.5. The molecule has 1 aromatic heterocycles. The number of carbonyl (C=O) groups is 1. The van der Waals surface area contributed by atoms with Gasteiger partial charge in [0.1, 0.15) is 0 Å². The van der Waals surface area contributed by atoms with Gasteiger partial charge in [-0.15, -0.1) is 0 Å². The quantitative estimate of drug-likeness (QED) is 0.478. The van der Waals surface area contributed by atoms with Crippen LogP contribution in [0.3, 0.4) is 0 Å². The Hall–Kier alpha value is -0.620. The van der Waals surface area contributed by atoms with Crippen LogP contribution in [0.15, 0.2) is 22.0 Å². The number of hydrogen-bond donors (Lipinski definition) is 0. The van der Waals surface area contributed by atoms with Crippen LogP contribution < -0.4 is 0 Å². The van der Waals surface area contributed by atoms with Crippen molar-refractivity contribution in [1.29, 1.82) is 0 Å². The molecule has 0 spiro atoms. The van der Waals surface area contributed by atoms with Crippen molar-refractivity contribution in [1.82, 2.24) is 9.97 Å². The summed E-state index contributed by atoms with van der Waals surface area (Å²) in [6.45, 7) is 0. The average molecular weight is 277 g/mol. The Morgan fingerprint density at radius 2 is 2.21 bits per heavy atom. The first-order valence-electron chi connectivity index (χ1n) is 3.89. The van der Waals surface area contributed by atoms with Crippen molar-refractivity contribution < 1.29 is 9.53 Å². The second-order valence-corrected chi connectivity index (χ2v) is 4.34. The van der Waals surface area contributed by atoms with Crippen molar-refractivity contribution in [2.24, 2.45) is 0 Å². The standard InChI is InChI=1S/C8H9BrN2O2S/c1-13-7(12)2-3-14-8-10-4-6(9)5-11-8/h4-5H,2-3H2,1H3. The van der Waals surface area contributed by atoms with Crippen molar-refractivity contribution in [3.8, 4) is 0 Å². The summed E-state index contributed by atoms with van der Waals surface area (Å²) in [5.41, 5.74) is 0. The van der Waals surface area contributed by atoms with Gasteiger partial charge in [0.2, 0.25) is 0 Å². The van der Waals surface area contributed by atoms with Gasteiger partial charge in [-0.2, -0.15) is 0 Å². The number of nitrogens with zero attached hydrogens (tertiary/aromatic N) is 2. The van der Waals surface area contributed by atoms with Gasteiger partial charge in [0.15, 0.2) is 5.16 Å². The molecule has 0 aliphatic heterocycles. The molecule has 4 nitrogen and oxygen atoms in total.